The molecule has 1 aromatic heterocycles. The Hall–Kier alpha value is -2.16. The second-order valence-corrected chi connectivity index (χ2v) is 10.4. The summed E-state index contributed by atoms with van der Waals surface area (Å²) < 4.78 is 30.5. The molecule has 2 aromatic carbocycles. The Morgan fingerprint density at radius 1 is 1.07 bits per heavy atom. The molecule has 0 saturated carbocycles. The zero-order chi connectivity index (χ0) is 20.6. The quantitative estimate of drug-likeness (QED) is 0.646. The Labute approximate surface area is 174 Å². The minimum Gasteiger partial charge on any atom is -0.372 e. The first kappa shape index (κ1) is 20.1. The van der Waals surface area contributed by atoms with Gasteiger partial charge in [-0.05, 0) is 62.6 Å². The molecule has 8 heteroatoms. The van der Waals surface area contributed by atoms with E-state index in [0.717, 1.165) is 35.5 Å². The lowest BCUT2D eigenvalue weighted by Crippen LogP contribution is -2.23. The maximum Gasteiger partial charge on any atom is 0.308 e. The molecular weight excluding hydrogens is 406 g/mol. The van der Waals surface area contributed by atoms with Crippen molar-refractivity contribution < 1.29 is 8.42 Å². The molecule has 0 amide bonds. The summed E-state index contributed by atoms with van der Waals surface area (Å²) in [5, 5.41) is 0. The molecule has 0 spiro atoms. The molecule has 6 nitrogen and oxygen atoms in total. The van der Waals surface area contributed by atoms with E-state index in [1.54, 1.807) is 22.8 Å². The zero-order valence-corrected chi connectivity index (χ0v) is 18.2. The second-order valence-electron chi connectivity index (χ2n) is 7.65. The molecule has 1 saturated heterocycles. The van der Waals surface area contributed by atoms with Crippen LogP contribution in [0, 0.1) is 0 Å². The SMILES string of the molecule is CC(C)n1c(=O)sc2cc(S(=O)(=O)NCc3ccc(N4CCCC4)cc3)ccc21. The summed E-state index contributed by atoms with van der Waals surface area (Å²) >= 11 is 1.08. The average molecular weight is 432 g/mol. The predicted octanol–water partition coefficient (Wildman–Crippen LogP) is 3.72. The van der Waals surface area contributed by atoms with Crippen molar-refractivity contribution in [3.63, 3.8) is 0 Å². The molecule has 29 heavy (non-hydrogen) atoms. The van der Waals surface area contributed by atoms with E-state index in [-0.39, 0.29) is 22.4 Å². The number of hydrogen-bond donors (Lipinski definition) is 1. The minimum atomic E-state index is -3.66. The van der Waals surface area contributed by atoms with Gasteiger partial charge in [-0.25, -0.2) is 13.1 Å². The fourth-order valence-corrected chi connectivity index (χ4v) is 5.91. The van der Waals surface area contributed by atoms with E-state index in [0.29, 0.717) is 4.70 Å². The van der Waals surface area contributed by atoms with Crippen LogP contribution in [0.1, 0.15) is 38.3 Å². The van der Waals surface area contributed by atoms with Crippen LogP contribution in [-0.2, 0) is 16.6 Å². The molecule has 0 unspecified atom stereocenters. The third-order valence-electron chi connectivity index (χ3n) is 5.29. The molecule has 0 bridgehead atoms. The highest BCUT2D eigenvalue weighted by Crippen LogP contribution is 2.24. The number of sulfonamides is 1. The normalized spacial score (nSPS) is 14.9. The Morgan fingerprint density at radius 2 is 1.76 bits per heavy atom. The lowest BCUT2D eigenvalue weighted by molar-refractivity contribution is 0.581. The lowest BCUT2D eigenvalue weighted by Gasteiger charge is -2.17. The molecule has 2 heterocycles. The Bertz CT molecular complexity index is 1170. The van der Waals surface area contributed by atoms with Gasteiger partial charge in [-0.2, -0.15) is 0 Å². The van der Waals surface area contributed by atoms with E-state index in [9.17, 15) is 13.2 Å². The van der Waals surface area contributed by atoms with Crippen molar-refractivity contribution >= 4 is 37.3 Å². The maximum absolute atomic E-state index is 12.8. The van der Waals surface area contributed by atoms with Crippen LogP contribution in [0.15, 0.2) is 52.2 Å². The summed E-state index contributed by atoms with van der Waals surface area (Å²) in [7, 11) is -3.66. The van der Waals surface area contributed by atoms with Crippen molar-refractivity contribution in [2.45, 2.75) is 44.2 Å². The molecule has 1 N–H and O–H groups in total. The molecule has 0 radical (unpaired) electrons. The van der Waals surface area contributed by atoms with Crippen molar-refractivity contribution in [3.8, 4) is 0 Å². The summed E-state index contributed by atoms with van der Waals surface area (Å²) in [6.45, 7) is 6.27. The van der Waals surface area contributed by atoms with Gasteiger partial charge < -0.3 is 4.90 Å². The molecule has 0 aliphatic carbocycles. The van der Waals surface area contributed by atoms with E-state index in [1.165, 1.54) is 18.5 Å². The summed E-state index contributed by atoms with van der Waals surface area (Å²) in [6.07, 6.45) is 2.45. The highest BCUT2D eigenvalue weighted by molar-refractivity contribution is 7.89. The topological polar surface area (TPSA) is 71.4 Å². The Morgan fingerprint density at radius 3 is 2.41 bits per heavy atom. The standard InChI is InChI=1S/C21H25N3O3S2/c1-15(2)24-19-10-9-18(13-20(19)28-21(24)25)29(26,27)22-14-16-5-7-17(8-6-16)23-11-3-4-12-23/h5-10,13,15,22H,3-4,11-12,14H2,1-2H3. The number of aromatic nitrogens is 1. The molecule has 1 aliphatic heterocycles. The van der Waals surface area contributed by atoms with Crippen molar-refractivity contribution in [3.05, 3.63) is 57.7 Å². The highest BCUT2D eigenvalue weighted by atomic mass is 32.2. The van der Waals surface area contributed by atoms with Crippen molar-refractivity contribution in [2.24, 2.45) is 0 Å². The number of benzene rings is 2. The molecule has 3 aromatic rings. The number of nitrogens with zero attached hydrogens (tertiary/aromatic N) is 2. The first-order chi connectivity index (χ1) is 13.8. The van der Waals surface area contributed by atoms with Gasteiger partial charge in [0.25, 0.3) is 0 Å². The number of fused-ring (bicyclic) bond motifs is 1. The van der Waals surface area contributed by atoms with Crippen LogP contribution in [0.4, 0.5) is 5.69 Å². The van der Waals surface area contributed by atoms with Crippen LogP contribution < -0.4 is 14.5 Å². The average Bonchev–Trinajstić information content (AvgIpc) is 3.33. The van der Waals surface area contributed by atoms with E-state index in [2.05, 4.69) is 9.62 Å². The number of rotatable bonds is 6. The van der Waals surface area contributed by atoms with Crippen LogP contribution >= 0.6 is 11.3 Å². The summed E-state index contributed by atoms with van der Waals surface area (Å²) in [4.78, 5) is 14.6. The van der Waals surface area contributed by atoms with Crippen LogP contribution in [0.3, 0.4) is 0 Å². The largest absolute Gasteiger partial charge is 0.372 e. The fraction of sp³-hybridized carbons (Fsp3) is 0.381. The second kappa shape index (κ2) is 7.93. The Balaban J connectivity index is 1.50. The van der Waals surface area contributed by atoms with Gasteiger partial charge in [0.2, 0.25) is 10.0 Å². The monoisotopic (exact) mass is 431 g/mol. The van der Waals surface area contributed by atoms with Gasteiger partial charge in [0.15, 0.2) is 0 Å². The van der Waals surface area contributed by atoms with Crippen LogP contribution in [-0.4, -0.2) is 26.1 Å². The molecule has 154 valence electrons. The molecular formula is C21H25N3O3S2. The molecule has 0 atom stereocenters. The Kier molecular flexibility index (Phi) is 5.50. The first-order valence-corrected chi connectivity index (χ1v) is 12.1. The van der Waals surface area contributed by atoms with Gasteiger partial charge >= 0.3 is 4.87 Å². The zero-order valence-electron chi connectivity index (χ0n) is 16.6. The first-order valence-electron chi connectivity index (χ1n) is 9.84. The van der Waals surface area contributed by atoms with E-state index >= 15 is 0 Å². The molecule has 4 rings (SSSR count). The summed E-state index contributed by atoms with van der Waals surface area (Å²) in [5.41, 5.74) is 2.86. The summed E-state index contributed by atoms with van der Waals surface area (Å²) in [5.74, 6) is 0. The number of nitrogens with one attached hydrogen (secondary N) is 1. The van der Waals surface area contributed by atoms with Crippen LogP contribution in [0.25, 0.3) is 10.2 Å². The predicted molar refractivity (Wildman–Crippen MR) is 118 cm³/mol. The maximum atomic E-state index is 12.8. The third-order valence-corrected chi connectivity index (χ3v) is 7.60. The van der Waals surface area contributed by atoms with E-state index in [4.69, 9.17) is 0 Å². The van der Waals surface area contributed by atoms with Crippen LogP contribution in [0.2, 0.25) is 0 Å². The summed E-state index contributed by atoms with van der Waals surface area (Å²) in [6, 6.07) is 12.9. The van der Waals surface area contributed by atoms with Gasteiger partial charge in [-0.3, -0.25) is 9.36 Å². The van der Waals surface area contributed by atoms with Crippen LogP contribution in [0.5, 0.6) is 0 Å². The van der Waals surface area contributed by atoms with Gasteiger partial charge in [0.1, 0.15) is 0 Å². The van der Waals surface area contributed by atoms with Gasteiger partial charge in [0.05, 0.1) is 15.1 Å². The van der Waals surface area contributed by atoms with Crippen molar-refractivity contribution in [1.29, 1.82) is 0 Å². The van der Waals surface area contributed by atoms with E-state index in [1.807, 2.05) is 38.1 Å². The van der Waals surface area contributed by atoms with E-state index < -0.39 is 10.0 Å². The van der Waals surface area contributed by atoms with Gasteiger partial charge in [-0.1, -0.05) is 23.5 Å². The van der Waals surface area contributed by atoms with Crippen molar-refractivity contribution in [1.82, 2.24) is 9.29 Å². The van der Waals surface area contributed by atoms with Gasteiger partial charge in [-0.15, -0.1) is 0 Å². The molecule has 1 fully saturated rings. The fourth-order valence-electron chi connectivity index (χ4n) is 3.73. The third kappa shape index (κ3) is 4.10. The smallest absolute Gasteiger partial charge is 0.308 e. The highest BCUT2D eigenvalue weighted by Gasteiger charge is 2.18. The number of anilines is 1. The number of thiazole rings is 1. The minimum absolute atomic E-state index is 0.0281. The molecule has 1 aliphatic rings. The number of hydrogen-bond acceptors (Lipinski definition) is 5. The van der Waals surface area contributed by atoms with Crippen molar-refractivity contribution in [2.75, 3.05) is 18.0 Å². The van der Waals surface area contributed by atoms with Gasteiger partial charge in [0, 0.05) is 31.4 Å². The lowest BCUT2D eigenvalue weighted by atomic mass is 10.2.